The highest BCUT2D eigenvalue weighted by Crippen LogP contribution is 2.45. The van der Waals surface area contributed by atoms with Crippen LogP contribution in [0.25, 0.3) is 30.5 Å². The molecule has 3 aromatic heterocycles. The molecule has 0 unspecified atom stereocenters. The van der Waals surface area contributed by atoms with Crippen molar-refractivity contribution in [2.45, 2.75) is 6.92 Å². The van der Waals surface area contributed by atoms with Crippen molar-refractivity contribution >= 4 is 60.7 Å². The minimum absolute atomic E-state index is 0.450. The number of fused-ring (bicyclic) bond motifs is 2. The monoisotopic (exact) mass is 508 g/mol. The molecule has 6 rings (SSSR count). The molecule has 34 heavy (non-hydrogen) atoms. The summed E-state index contributed by atoms with van der Waals surface area (Å²) in [5.74, 6) is 2.31. The zero-order valence-electron chi connectivity index (χ0n) is 18.4. The summed E-state index contributed by atoms with van der Waals surface area (Å²) in [4.78, 5) is 11.5. The van der Waals surface area contributed by atoms with Gasteiger partial charge in [0.15, 0.2) is 16.6 Å². The molecule has 3 N–H and O–H groups in total. The zero-order chi connectivity index (χ0) is 23.2. The van der Waals surface area contributed by atoms with Gasteiger partial charge in [0, 0.05) is 27.9 Å². The summed E-state index contributed by atoms with van der Waals surface area (Å²) in [7, 11) is 1.61. The molecule has 7 nitrogen and oxygen atoms in total. The molecule has 0 atom stereocenters. The number of nitrogens with zero attached hydrogens (tertiary/aromatic N) is 2. The maximum atomic E-state index is 6.29. The second-order valence-electron chi connectivity index (χ2n) is 7.65. The van der Waals surface area contributed by atoms with Crippen LogP contribution in [0.2, 0.25) is 0 Å². The third kappa shape index (κ3) is 3.64. The van der Waals surface area contributed by atoms with Crippen LogP contribution in [-0.4, -0.2) is 30.3 Å². The van der Waals surface area contributed by atoms with Crippen LogP contribution < -0.4 is 25.3 Å². The maximum absolute atomic E-state index is 6.29. The number of aryl methyl sites for hydroxylation is 1. The van der Waals surface area contributed by atoms with E-state index in [2.05, 4.69) is 46.9 Å². The lowest BCUT2D eigenvalue weighted by molar-refractivity contribution is 0.165. The number of nitrogens with one attached hydrogen (secondary N) is 1. The number of ether oxygens (including phenoxy) is 3. The molecular weight excluding hydrogens is 488 g/mol. The molecule has 10 heteroatoms. The Labute approximate surface area is 207 Å². The van der Waals surface area contributed by atoms with Crippen LogP contribution in [0.1, 0.15) is 5.56 Å². The average molecular weight is 509 g/mol. The molecule has 1 aliphatic heterocycles. The van der Waals surface area contributed by atoms with E-state index in [1.54, 1.807) is 29.8 Å². The van der Waals surface area contributed by atoms with Crippen molar-refractivity contribution in [2.24, 2.45) is 0 Å². The number of rotatable bonds is 5. The summed E-state index contributed by atoms with van der Waals surface area (Å²) in [6.07, 6.45) is 0. The molecule has 0 radical (unpaired) electrons. The molecule has 0 saturated heterocycles. The fourth-order valence-corrected chi connectivity index (χ4v) is 6.97. The molecular formula is C24H20N4O3S3. The molecule has 5 aromatic rings. The molecule has 4 heterocycles. The van der Waals surface area contributed by atoms with Crippen molar-refractivity contribution < 1.29 is 14.2 Å². The number of thiophene rings is 1. The van der Waals surface area contributed by atoms with E-state index in [4.69, 9.17) is 24.9 Å². The number of hydrogen-bond acceptors (Lipinski definition) is 10. The van der Waals surface area contributed by atoms with E-state index in [0.29, 0.717) is 41.4 Å². The van der Waals surface area contributed by atoms with Gasteiger partial charge in [0.25, 0.3) is 0 Å². The van der Waals surface area contributed by atoms with Gasteiger partial charge in [-0.15, -0.1) is 22.7 Å². The summed E-state index contributed by atoms with van der Waals surface area (Å²) in [6, 6.07) is 12.2. The van der Waals surface area contributed by atoms with Crippen molar-refractivity contribution in [3.05, 3.63) is 47.3 Å². The van der Waals surface area contributed by atoms with Crippen molar-refractivity contribution in [3.8, 4) is 37.7 Å². The molecule has 0 bridgehead atoms. The van der Waals surface area contributed by atoms with E-state index in [0.717, 1.165) is 21.3 Å². The molecule has 0 amide bonds. The van der Waals surface area contributed by atoms with E-state index < -0.39 is 0 Å². The third-order valence-corrected chi connectivity index (χ3v) is 8.79. The molecule has 0 saturated carbocycles. The minimum atomic E-state index is 0.450. The van der Waals surface area contributed by atoms with Crippen molar-refractivity contribution in [3.63, 3.8) is 0 Å². The van der Waals surface area contributed by atoms with E-state index in [-0.39, 0.29) is 0 Å². The first-order chi connectivity index (χ1) is 16.6. The van der Waals surface area contributed by atoms with E-state index in [9.17, 15) is 0 Å². The Morgan fingerprint density at radius 2 is 1.91 bits per heavy atom. The summed E-state index contributed by atoms with van der Waals surface area (Å²) < 4.78 is 18.1. The summed E-state index contributed by atoms with van der Waals surface area (Å²) in [5.41, 5.74) is 9.30. The van der Waals surface area contributed by atoms with Crippen LogP contribution in [-0.2, 0) is 0 Å². The van der Waals surface area contributed by atoms with Gasteiger partial charge >= 0.3 is 0 Å². The summed E-state index contributed by atoms with van der Waals surface area (Å²) >= 11 is 4.81. The fourth-order valence-electron chi connectivity index (χ4n) is 3.91. The number of anilines is 3. The lowest BCUT2D eigenvalue weighted by Gasteiger charge is -2.21. The number of thiazole rings is 2. The maximum Gasteiger partial charge on any atom is 0.203 e. The van der Waals surface area contributed by atoms with Gasteiger partial charge in [0.2, 0.25) is 5.75 Å². The van der Waals surface area contributed by atoms with Gasteiger partial charge in [-0.2, -0.15) is 0 Å². The number of benzene rings is 2. The Morgan fingerprint density at radius 3 is 2.76 bits per heavy atom. The van der Waals surface area contributed by atoms with E-state index >= 15 is 0 Å². The van der Waals surface area contributed by atoms with Crippen molar-refractivity contribution in [1.29, 1.82) is 0 Å². The van der Waals surface area contributed by atoms with Gasteiger partial charge in [-0.05, 0) is 23.9 Å². The Hall–Kier alpha value is -3.34. The Morgan fingerprint density at radius 1 is 1.06 bits per heavy atom. The normalized spacial score (nSPS) is 12.8. The lowest BCUT2D eigenvalue weighted by atomic mass is 10.1. The van der Waals surface area contributed by atoms with Gasteiger partial charge in [-0.25, -0.2) is 9.97 Å². The predicted octanol–water partition coefficient (Wildman–Crippen LogP) is 6.56. The van der Waals surface area contributed by atoms with Crippen LogP contribution in [0.15, 0.2) is 41.8 Å². The highest BCUT2D eigenvalue weighted by atomic mass is 32.1. The fraction of sp³-hybridized carbons (Fsp3) is 0.167. The van der Waals surface area contributed by atoms with Crippen LogP contribution in [0.5, 0.6) is 17.2 Å². The number of nitrogen functional groups attached to an aromatic ring is 1. The number of aromatic nitrogens is 2. The van der Waals surface area contributed by atoms with Gasteiger partial charge in [0.1, 0.15) is 28.9 Å². The Kier molecular flexibility index (Phi) is 5.28. The van der Waals surface area contributed by atoms with Crippen LogP contribution in [0.3, 0.4) is 0 Å². The first-order valence-corrected chi connectivity index (χ1v) is 13.1. The third-order valence-electron chi connectivity index (χ3n) is 5.51. The second-order valence-corrected chi connectivity index (χ2v) is 10.6. The zero-order valence-corrected chi connectivity index (χ0v) is 20.8. The molecule has 172 valence electrons. The van der Waals surface area contributed by atoms with Gasteiger partial charge < -0.3 is 25.3 Å². The minimum Gasteiger partial charge on any atom is -0.493 e. The van der Waals surface area contributed by atoms with Crippen molar-refractivity contribution in [1.82, 2.24) is 9.97 Å². The molecule has 0 fully saturated rings. The SMILES string of the molecule is COc1cc(Nc2nc(N)c(-c3nc(-c4sc5ccccc5c4C)cs3)s2)cc2c1OCCO2. The molecule has 1 aliphatic rings. The average Bonchev–Trinajstić information content (AvgIpc) is 3.56. The molecule has 0 aliphatic carbocycles. The Bertz CT molecular complexity index is 1500. The molecule has 2 aromatic carbocycles. The highest BCUT2D eigenvalue weighted by molar-refractivity contribution is 7.24. The van der Waals surface area contributed by atoms with Gasteiger partial charge in [-0.3, -0.25) is 0 Å². The lowest BCUT2D eigenvalue weighted by Crippen LogP contribution is -2.16. The number of methoxy groups -OCH3 is 1. The van der Waals surface area contributed by atoms with Crippen LogP contribution in [0.4, 0.5) is 16.6 Å². The van der Waals surface area contributed by atoms with Gasteiger partial charge in [-0.1, -0.05) is 29.5 Å². The predicted molar refractivity (Wildman–Crippen MR) is 140 cm³/mol. The van der Waals surface area contributed by atoms with E-state index in [1.165, 1.54) is 31.9 Å². The molecule has 0 spiro atoms. The highest BCUT2D eigenvalue weighted by Gasteiger charge is 2.21. The van der Waals surface area contributed by atoms with Crippen LogP contribution in [0, 0.1) is 6.92 Å². The largest absolute Gasteiger partial charge is 0.493 e. The first kappa shape index (κ1) is 21.2. The smallest absolute Gasteiger partial charge is 0.203 e. The van der Waals surface area contributed by atoms with Gasteiger partial charge in [0.05, 0.1) is 17.7 Å². The topological polar surface area (TPSA) is 91.5 Å². The quantitative estimate of drug-likeness (QED) is 0.278. The number of nitrogens with two attached hydrogens (primary N) is 1. The van der Waals surface area contributed by atoms with Crippen LogP contribution >= 0.6 is 34.0 Å². The number of hydrogen-bond donors (Lipinski definition) is 2. The van der Waals surface area contributed by atoms with Crippen molar-refractivity contribution in [2.75, 3.05) is 31.4 Å². The summed E-state index contributed by atoms with van der Waals surface area (Å²) in [5, 5.41) is 8.20. The van der Waals surface area contributed by atoms with E-state index in [1.807, 2.05) is 12.1 Å². The Balaban J connectivity index is 1.30. The standard InChI is InChI=1S/C24H20N4O3S3/c1-12-14-5-3-4-6-18(14)33-20(12)15-11-32-23(27-15)21-22(25)28-24(34-21)26-13-9-16(29-2)19-17(10-13)30-7-8-31-19/h3-6,9-11H,7-8,25H2,1-2H3,(H,26,28). The second kappa shape index (κ2) is 8.46. The summed E-state index contributed by atoms with van der Waals surface area (Å²) in [6.45, 7) is 3.15. The first-order valence-electron chi connectivity index (χ1n) is 10.6.